The zero-order chi connectivity index (χ0) is 28.9. The molecule has 0 bridgehead atoms. The fourth-order valence-corrected chi connectivity index (χ4v) is 6.59. The number of hydrogen-bond donors (Lipinski definition) is 1. The summed E-state index contributed by atoms with van der Waals surface area (Å²) in [5, 5.41) is 4.15. The fraction of sp³-hybridized carbons (Fsp3) is 0.310. The number of anilines is 1. The van der Waals surface area contributed by atoms with Crippen LogP contribution in [0.3, 0.4) is 0 Å². The third-order valence-corrected chi connectivity index (χ3v) is 9.59. The van der Waals surface area contributed by atoms with Crippen molar-refractivity contribution in [2.75, 3.05) is 10.8 Å². The maximum atomic E-state index is 14.0. The molecule has 40 heavy (non-hydrogen) atoms. The van der Waals surface area contributed by atoms with E-state index < -0.39 is 28.5 Å². The molecule has 1 atom stereocenters. The third kappa shape index (κ3) is 7.29. The van der Waals surface area contributed by atoms with E-state index in [0.717, 1.165) is 30.0 Å². The van der Waals surface area contributed by atoms with Crippen LogP contribution in [0.5, 0.6) is 0 Å². The molecule has 0 radical (unpaired) electrons. The van der Waals surface area contributed by atoms with Gasteiger partial charge in [0.15, 0.2) is 0 Å². The molecule has 4 rings (SSSR count). The number of carbonyl (C=O) groups excluding carboxylic acids is 2. The van der Waals surface area contributed by atoms with Gasteiger partial charge in [-0.05, 0) is 73.9 Å². The number of sulfonamides is 1. The van der Waals surface area contributed by atoms with Gasteiger partial charge in [0.05, 0.1) is 10.6 Å². The Morgan fingerprint density at radius 3 is 2.25 bits per heavy atom. The number of nitrogens with one attached hydrogen (secondary N) is 1. The van der Waals surface area contributed by atoms with Gasteiger partial charge < -0.3 is 10.2 Å². The van der Waals surface area contributed by atoms with E-state index in [2.05, 4.69) is 5.32 Å². The molecule has 0 saturated heterocycles. The maximum absolute atomic E-state index is 14.0. The van der Waals surface area contributed by atoms with Crippen molar-refractivity contribution in [2.45, 2.75) is 56.1 Å². The summed E-state index contributed by atoms with van der Waals surface area (Å²) < 4.78 is 28.6. The zero-order valence-electron chi connectivity index (χ0n) is 21.9. The first kappa shape index (κ1) is 30.2. The van der Waals surface area contributed by atoms with Gasteiger partial charge in [0.1, 0.15) is 12.6 Å². The van der Waals surface area contributed by atoms with Crippen LogP contribution in [-0.4, -0.2) is 43.8 Å². The second kappa shape index (κ2) is 13.3. The van der Waals surface area contributed by atoms with Gasteiger partial charge in [-0.3, -0.25) is 13.9 Å². The van der Waals surface area contributed by atoms with Crippen LogP contribution in [0, 0.1) is 0 Å². The van der Waals surface area contributed by atoms with Crippen molar-refractivity contribution in [3.63, 3.8) is 0 Å². The van der Waals surface area contributed by atoms with Gasteiger partial charge in [0.25, 0.3) is 10.0 Å². The highest BCUT2D eigenvalue weighted by Gasteiger charge is 2.33. The van der Waals surface area contributed by atoms with E-state index in [1.54, 1.807) is 49.4 Å². The third-order valence-electron chi connectivity index (χ3n) is 6.94. The standard InChI is InChI=1S/C29H30Cl3N3O4S/c1-20(29(37)33-24-9-3-4-10-24)34(18-21-7-2-5-12-27(21)32)28(36)19-35(25-11-6-8-23(31)17-25)40(38,39)26-15-13-22(30)14-16-26/h2,5-8,11-17,20,24H,3-4,9-10,18-19H2,1H3,(H,33,37)/t20-/m0/s1. The summed E-state index contributed by atoms with van der Waals surface area (Å²) >= 11 is 18.6. The molecule has 212 valence electrons. The van der Waals surface area contributed by atoms with E-state index in [0.29, 0.717) is 20.6 Å². The molecule has 1 aliphatic carbocycles. The van der Waals surface area contributed by atoms with Crippen LogP contribution >= 0.6 is 34.8 Å². The normalized spacial score (nSPS) is 14.5. The van der Waals surface area contributed by atoms with Crippen LogP contribution in [0.15, 0.2) is 77.7 Å². The Hall–Kier alpha value is -2.78. The lowest BCUT2D eigenvalue weighted by Gasteiger charge is -2.32. The highest BCUT2D eigenvalue weighted by Crippen LogP contribution is 2.28. The van der Waals surface area contributed by atoms with Gasteiger partial charge in [0.2, 0.25) is 11.8 Å². The molecule has 1 fully saturated rings. The highest BCUT2D eigenvalue weighted by atomic mass is 35.5. The van der Waals surface area contributed by atoms with E-state index in [1.807, 2.05) is 0 Å². The molecule has 1 aliphatic rings. The summed E-state index contributed by atoms with van der Waals surface area (Å²) in [4.78, 5) is 28.6. The van der Waals surface area contributed by atoms with E-state index in [-0.39, 0.29) is 29.1 Å². The first-order valence-electron chi connectivity index (χ1n) is 12.9. The predicted octanol–water partition coefficient (Wildman–Crippen LogP) is 6.32. The summed E-state index contributed by atoms with van der Waals surface area (Å²) in [6.07, 6.45) is 3.86. The van der Waals surface area contributed by atoms with E-state index >= 15 is 0 Å². The van der Waals surface area contributed by atoms with Crippen LogP contribution in [0.4, 0.5) is 5.69 Å². The zero-order valence-corrected chi connectivity index (χ0v) is 25.0. The second-order valence-electron chi connectivity index (χ2n) is 9.72. The molecule has 11 heteroatoms. The Kier molecular flexibility index (Phi) is 10.0. The Morgan fingerprint density at radius 2 is 1.60 bits per heavy atom. The topological polar surface area (TPSA) is 86.8 Å². The van der Waals surface area contributed by atoms with Crippen molar-refractivity contribution in [2.24, 2.45) is 0 Å². The summed E-state index contributed by atoms with van der Waals surface area (Å²) in [6, 6.07) is 18.1. The Balaban J connectivity index is 1.69. The molecule has 1 N–H and O–H groups in total. The lowest BCUT2D eigenvalue weighted by Crippen LogP contribution is -2.52. The van der Waals surface area contributed by atoms with E-state index in [4.69, 9.17) is 34.8 Å². The molecule has 3 aromatic carbocycles. The van der Waals surface area contributed by atoms with Crippen molar-refractivity contribution in [1.29, 1.82) is 0 Å². The molecule has 1 saturated carbocycles. The second-order valence-corrected chi connectivity index (χ2v) is 12.9. The minimum absolute atomic E-state index is 0.0160. The number of nitrogens with zero attached hydrogens (tertiary/aromatic N) is 2. The quantitative estimate of drug-likeness (QED) is 0.287. The molecule has 2 amide bonds. The Labute approximate surface area is 250 Å². The Morgan fingerprint density at radius 1 is 0.925 bits per heavy atom. The van der Waals surface area contributed by atoms with Crippen molar-refractivity contribution in [3.05, 3.63) is 93.4 Å². The molecule has 0 unspecified atom stereocenters. The highest BCUT2D eigenvalue weighted by molar-refractivity contribution is 7.92. The minimum atomic E-state index is -4.22. The molecular formula is C29H30Cl3N3O4S. The molecule has 0 spiro atoms. The van der Waals surface area contributed by atoms with Crippen molar-refractivity contribution in [3.8, 4) is 0 Å². The van der Waals surface area contributed by atoms with Gasteiger partial charge in [-0.1, -0.05) is 71.9 Å². The number of amides is 2. The largest absolute Gasteiger partial charge is 0.352 e. The number of carbonyl (C=O) groups is 2. The lowest BCUT2D eigenvalue weighted by molar-refractivity contribution is -0.139. The molecule has 0 aromatic heterocycles. The molecule has 3 aromatic rings. The SMILES string of the molecule is C[C@@H](C(=O)NC1CCCC1)N(Cc1ccccc1Cl)C(=O)CN(c1cccc(Cl)c1)S(=O)(=O)c1ccc(Cl)cc1. The maximum Gasteiger partial charge on any atom is 0.264 e. The number of halogens is 3. The first-order chi connectivity index (χ1) is 19.1. The van der Waals surface area contributed by atoms with Gasteiger partial charge in [-0.2, -0.15) is 0 Å². The summed E-state index contributed by atoms with van der Waals surface area (Å²) in [5.41, 5.74) is 0.837. The number of rotatable bonds is 10. The average Bonchev–Trinajstić information content (AvgIpc) is 3.44. The minimum Gasteiger partial charge on any atom is -0.352 e. The van der Waals surface area contributed by atoms with Gasteiger partial charge >= 0.3 is 0 Å². The van der Waals surface area contributed by atoms with Crippen LogP contribution in [0.1, 0.15) is 38.2 Å². The summed E-state index contributed by atoms with van der Waals surface area (Å²) in [5.74, 6) is -0.881. The van der Waals surface area contributed by atoms with E-state index in [1.165, 1.54) is 35.2 Å². The van der Waals surface area contributed by atoms with Crippen molar-refractivity contribution < 1.29 is 18.0 Å². The first-order valence-corrected chi connectivity index (χ1v) is 15.5. The van der Waals surface area contributed by atoms with Crippen molar-refractivity contribution in [1.82, 2.24) is 10.2 Å². The lowest BCUT2D eigenvalue weighted by atomic mass is 10.1. The summed E-state index contributed by atoms with van der Waals surface area (Å²) in [6.45, 7) is 1.08. The summed E-state index contributed by atoms with van der Waals surface area (Å²) in [7, 11) is -4.22. The van der Waals surface area contributed by atoms with Crippen LogP contribution in [0.2, 0.25) is 15.1 Å². The molecular weight excluding hydrogens is 593 g/mol. The fourth-order valence-electron chi connectivity index (χ4n) is 4.68. The predicted molar refractivity (Wildman–Crippen MR) is 159 cm³/mol. The van der Waals surface area contributed by atoms with Gasteiger partial charge in [-0.15, -0.1) is 0 Å². The van der Waals surface area contributed by atoms with Crippen LogP contribution in [-0.2, 0) is 26.2 Å². The monoisotopic (exact) mass is 621 g/mol. The Bertz CT molecular complexity index is 1460. The molecule has 0 heterocycles. The smallest absolute Gasteiger partial charge is 0.264 e. The van der Waals surface area contributed by atoms with Crippen LogP contribution < -0.4 is 9.62 Å². The number of benzene rings is 3. The average molecular weight is 623 g/mol. The molecule has 0 aliphatic heterocycles. The number of hydrogen-bond acceptors (Lipinski definition) is 4. The molecule has 7 nitrogen and oxygen atoms in total. The van der Waals surface area contributed by atoms with Gasteiger partial charge in [0, 0.05) is 27.7 Å². The van der Waals surface area contributed by atoms with E-state index in [9.17, 15) is 18.0 Å². The van der Waals surface area contributed by atoms with Gasteiger partial charge in [-0.25, -0.2) is 8.42 Å². The van der Waals surface area contributed by atoms with Crippen molar-refractivity contribution >= 4 is 62.3 Å². The van der Waals surface area contributed by atoms with Crippen LogP contribution in [0.25, 0.3) is 0 Å².